The lowest BCUT2D eigenvalue weighted by atomic mass is 10.00. The zero-order valence-electron chi connectivity index (χ0n) is 14.3. The van der Waals surface area contributed by atoms with E-state index in [-0.39, 0.29) is 12.9 Å². The number of para-hydroxylation sites is 1. The van der Waals surface area contributed by atoms with Crippen molar-refractivity contribution in [2.45, 2.75) is 25.6 Å². The number of rotatable bonds is 6. The molecule has 0 bridgehead atoms. The molecule has 25 heavy (non-hydrogen) atoms. The Hall–Kier alpha value is -2.08. The van der Waals surface area contributed by atoms with Gasteiger partial charge in [-0.2, -0.15) is 0 Å². The molecule has 5 nitrogen and oxygen atoms in total. The summed E-state index contributed by atoms with van der Waals surface area (Å²) >= 11 is 0. The Morgan fingerprint density at radius 3 is 2.88 bits per heavy atom. The zero-order chi connectivity index (χ0) is 17.1. The summed E-state index contributed by atoms with van der Waals surface area (Å²) in [6.45, 7) is 4.12. The Kier molecular flexibility index (Phi) is 4.88. The molecule has 5 heteroatoms. The monoisotopic (exact) mass is 340 g/mol. The molecule has 2 aromatic carbocycles. The number of aliphatic hydroxyl groups is 1. The molecule has 0 fully saturated rings. The molecule has 2 aliphatic rings. The highest BCUT2D eigenvalue weighted by atomic mass is 16.7. The maximum Gasteiger partial charge on any atom is 0.231 e. The van der Waals surface area contributed by atoms with Crippen LogP contribution in [-0.4, -0.2) is 42.5 Å². The van der Waals surface area contributed by atoms with Crippen LogP contribution >= 0.6 is 0 Å². The summed E-state index contributed by atoms with van der Waals surface area (Å²) < 4.78 is 10.9. The number of hydrogen-bond acceptors (Lipinski definition) is 5. The van der Waals surface area contributed by atoms with Crippen LogP contribution < -0.4 is 14.8 Å². The van der Waals surface area contributed by atoms with Crippen LogP contribution in [0.5, 0.6) is 11.5 Å². The first-order chi connectivity index (χ1) is 12.3. The topological polar surface area (TPSA) is 54.0 Å². The van der Waals surface area contributed by atoms with Gasteiger partial charge in [0.25, 0.3) is 0 Å². The van der Waals surface area contributed by atoms with Gasteiger partial charge in [-0.25, -0.2) is 0 Å². The van der Waals surface area contributed by atoms with E-state index in [2.05, 4.69) is 34.5 Å². The van der Waals surface area contributed by atoms with Crippen molar-refractivity contribution < 1.29 is 14.6 Å². The van der Waals surface area contributed by atoms with Crippen LogP contribution in [0.1, 0.15) is 16.7 Å². The Balaban J connectivity index is 1.25. The van der Waals surface area contributed by atoms with Crippen LogP contribution in [0, 0.1) is 0 Å². The van der Waals surface area contributed by atoms with Crippen molar-refractivity contribution in [3.05, 3.63) is 59.2 Å². The van der Waals surface area contributed by atoms with E-state index in [4.69, 9.17) is 9.47 Å². The molecule has 0 radical (unpaired) electrons. The molecule has 0 aromatic heterocycles. The standard InChI is InChI=1S/C20H24N2O3/c23-18(13-22-9-8-15-4-1-2-5-17(15)12-22)11-21-10-16-6-3-7-19-20(16)25-14-24-19/h1-7,18,21,23H,8-14H2. The summed E-state index contributed by atoms with van der Waals surface area (Å²) in [5, 5.41) is 13.7. The van der Waals surface area contributed by atoms with Crippen molar-refractivity contribution in [1.82, 2.24) is 10.2 Å². The second-order valence-corrected chi connectivity index (χ2v) is 6.69. The minimum atomic E-state index is -0.390. The average molecular weight is 340 g/mol. The van der Waals surface area contributed by atoms with Crippen LogP contribution in [0.25, 0.3) is 0 Å². The molecule has 0 aliphatic carbocycles. The quantitative estimate of drug-likeness (QED) is 0.842. The van der Waals surface area contributed by atoms with Gasteiger partial charge in [-0.1, -0.05) is 36.4 Å². The summed E-state index contributed by atoms with van der Waals surface area (Å²) in [5.74, 6) is 1.61. The summed E-state index contributed by atoms with van der Waals surface area (Å²) in [5.41, 5.74) is 3.88. The van der Waals surface area contributed by atoms with E-state index < -0.39 is 0 Å². The summed E-state index contributed by atoms with van der Waals surface area (Å²) in [7, 11) is 0. The van der Waals surface area contributed by atoms with Gasteiger partial charge in [-0.15, -0.1) is 0 Å². The van der Waals surface area contributed by atoms with E-state index >= 15 is 0 Å². The van der Waals surface area contributed by atoms with Crippen LogP contribution in [0.15, 0.2) is 42.5 Å². The number of nitrogens with zero attached hydrogens (tertiary/aromatic N) is 1. The molecule has 0 saturated carbocycles. The predicted octanol–water partition coefficient (Wildman–Crippen LogP) is 1.92. The lowest BCUT2D eigenvalue weighted by molar-refractivity contribution is 0.104. The second-order valence-electron chi connectivity index (χ2n) is 6.69. The fourth-order valence-corrected chi connectivity index (χ4v) is 3.58. The molecular formula is C20H24N2O3. The first-order valence-electron chi connectivity index (χ1n) is 8.85. The van der Waals surface area contributed by atoms with Crippen molar-refractivity contribution >= 4 is 0 Å². The van der Waals surface area contributed by atoms with Gasteiger partial charge in [0.2, 0.25) is 6.79 Å². The van der Waals surface area contributed by atoms with Crippen LogP contribution in [-0.2, 0) is 19.5 Å². The molecule has 2 aromatic rings. The summed E-state index contributed by atoms with van der Waals surface area (Å²) in [6, 6.07) is 14.5. The van der Waals surface area contributed by atoms with Gasteiger partial charge in [-0.05, 0) is 23.6 Å². The molecule has 2 heterocycles. The van der Waals surface area contributed by atoms with Crippen molar-refractivity contribution in [1.29, 1.82) is 0 Å². The van der Waals surface area contributed by atoms with Crippen molar-refractivity contribution in [3.8, 4) is 11.5 Å². The Bertz CT molecular complexity index is 735. The maximum absolute atomic E-state index is 10.4. The molecular weight excluding hydrogens is 316 g/mol. The van der Waals surface area contributed by atoms with Crippen molar-refractivity contribution in [2.24, 2.45) is 0 Å². The average Bonchev–Trinajstić information content (AvgIpc) is 3.11. The van der Waals surface area contributed by atoms with Gasteiger partial charge in [0.1, 0.15) is 0 Å². The number of fused-ring (bicyclic) bond motifs is 2. The Morgan fingerprint density at radius 1 is 1.08 bits per heavy atom. The largest absolute Gasteiger partial charge is 0.454 e. The third-order valence-electron chi connectivity index (χ3n) is 4.85. The van der Waals surface area contributed by atoms with Gasteiger partial charge in [0.15, 0.2) is 11.5 Å². The van der Waals surface area contributed by atoms with Crippen molar-refractivity contribution in [3.63, 3.8) is 0 Å². The van der Waals surface area contributed by atoms with E-state index in [0.29, 0.717) is 19.6 Å². The number of benzene rings is 2. The highest BCUT2D eigenvalue weighted by Gasteiger charge is 2.19. The molecule has 132 valence electrons. The molecule has 1 unspecified atom stereocenters. The molecule has 0 amide bonds. The molecule has 4 rings (SSSR count). The minimum Gasteiger partial charge on any atom is -0.454 e. The lowest BCUT2D eigenvalue weighted by Crippen LogP contribution is -2.40. The summed E-state index contributed by atoms with van der Waals surface area (Å²) in [6.07, 6.45) is 0.670. The van der Waals surface area contributed by atoms with Gasteiger partial charge in [0, 0.05) is 38.3 Å². The fourth-order valence-electron chi connectivity index (χ4n) is 3.58. The molecule has 2 N–H and O–H groups in total. The first-order valence-corrected chi connectivity index (χ1v) is 8.85. The highest BCUT2D eigenvalue weighted by molar-refractivity contribution is 5.48. The maximum atomic E-state index is 10.4. The summed E-state index contributed by atoms with van der Waals surface area (Å²) in [4.78, 5) is 2.33. The fraction of sp³-hybridized carbons (Fsp3) is 0.400. The lowest BCUT2D eigenvalue weighted by Gasteiger charge is -2.30. The predicted molar refractivity (Wildman–Crippen MR) is 95.7 cm³/mol. The number of β-amino-alcohol motifs (C(OH)–C–C–N with tert-alkyl or cyclic N) is 1. The third kappa shape index (κ3) is 3.79. The third-order valence-corrected chi connectivity index (χ3v) is 4.85. The molecule has 1 atom stereocenters. The second kappa shape index (κ2) is 7.44. The smallest absolute Gasteiger partial charge is 0.231 e. The van der Waals surface area contributed by atoms with Gasteiger partial charge in [-0.3, -0.25) is 4.90 Å². The number of ether oxygens (including phenoxy) is 2. The van der Waals surface area contributed by atoms with E-state index in [1.165, 1.54) is 11.1 Å². The van der Waals surface area contributed by atoms with E-state index in [1.54, 1.807) is 0 Å². The van der Waals surface area contributed by atoms with Gasteiger partial charge >= 0.3 is 0 Å². The van der Waals surface area contributed by atoms with E-state index in [9.17, 15) is 5.11 Å². The molecule has 0 saturated heterocycles. The van der Waals surface area contributed by atoms with Gasteiger partial charge < -0.3 is 19.9 Å². The van der Waals surface area contributed by atoms with Crippen molar-refractivity contribution in [2.75, 3.05) is 26.4 Å². The zero-order valence-corrected chi connectivity index (χ0v) is 14.3. The van der Waals surface area contributed by atoms with Gasteiger partial charge in [0.05, 0.1) is 6.10 Å². The van der Waals surface area contributed by atoms with Crippen LogP contribution in [0.3, 0.4) is 0 Å². The minimum absolute atomic E-state index is 0.283. The van der Waals surface area contributed by atoms with E-state index in [1.807, 2.05) is 18.2 Å². The van der Waals surface area contributed by atoms with Crippen LogP contribution in [0.2, 0.25) is 0 Å². The Labute approximate surface area is 148 Å². The molecule has 0 spiro atoms. The number of aliphatic hydroxyl groups excluding tert-OH is 1. The first kappa shape index (κ1) is 16.4. The SMILES string of the molecule is OC(CNCc1cccc2c1OCO2)CN1CCc2ccccc2C1. The number of nitrogens with one attached hydrogen (secondary N) is 1. The Morgan fingerprint density at radius 2 is 1.96 bits per heavy atom. The highest BCUT2D eigenvalue weighted by Crippen LogP contribution is 2.35. The number of hydrogen-bond donors (Lipinski definition) is 2. The normalized spacial score (nSPS) is 17.3. The van der Waals surface area contributed by atoms with Crippen LogP contribution in [0.4, 0.5) is 0 Å². The van der Waals surface area contributed by atoms with E-state index in [0.717, 1.165) is 36.6 Å². The molecule has 2 aliphatic heterocycles.